The number of ether oxygens (including phenoxy) is 1. The monoisotopic (exact) mass is 441 g/mol. The van der Waals surface area contributed by atoms with Crippen molar-refractivity contribution in [1.82, 2.24) is 25.1 Å². The van der Waals surface area contributed by atoms with E-state index >= 15 is 0 Å². The van der Waals surface area contributed by atoms with Crippen LogP contribution in [0.4, 0.5) is 13.2 Å². The summed E-state index contributed by atoms with van der Waals surface area (Å²) in [4.78, 5) is 4.29. The summed E-state index contributed by atoms with van der Waals surface area (Å²) in [5.74, 6) is 0.301. The Kier molecular flexibility index (Phi) is 4.81. The number of nitrogens with zero attached hydrogens (tertiary/aromatic N) is 5. The van der Waals surface area contributed by atoms with Crippen molar-refractivity contribution in [3.8, 4) is 23.0 Å². The minimum Gasteiger partial charge on any atom is -0.365 e. The smallest absolute Gasteiger partial charge is 0.365 e. The van der Waals surface area contributed by atoms with E-state index in [1.807, 2.05) is 6.92 Å². The molecule has 164 valence electrons. The maximum absolute atomic E-state index is 12.8. The summed E-state index contributed by atoms with van der Waals surface area (Å²) in [6, 6.07) is 10.8. The molecule has 1 atom stereocenters. The van der Waals surface area contributed by atoms with E-state index in [0.29, 0.717) is 23.5 Å². The van der Waals surface area contributed by atoms with Crippen molar-refractivity contribution < 1.29 is 22.4 Å². The van der Waals surface area contributed by atoms with Gasteiger partial charge in [0.25, 0.3) is 5.89 Å². The zero-order chi connectivity index (χ0) is 22.5. The topological polar surface area (TPSA) is 78.9 Å². The number of benzene rings is 2. The number of aryl methyl sites for hydroxylation is 2. The van der Waals surface area contributed by atoms with Crippen LogP contribution in [0.25, 0.3) is 23.0 Å². The lowest BCUT2D eigenvalue weighted by atomic mass is 10.0. The molecule has 7 nitrogen and oxygen atoms in total. The van der Waals surface area contributed by atoms with Gasteiger partial charge in [0.1, 0.15) is 6.10 Å². The van der Waals surface area contributed by atoms with Crippen LogP contribution in [0.1, 0.15) is 34.1 Å². The third kappa shape index (κ3) is 3.66. The number of hydrogen-bond donors (Lipinski definition) is 0. The summed E-state index contributed by atoms with van der Waals surface area (Å²) < 4.78 is 51.4. The molecule has 0 saturated carbocycles. The van der Waals surface area contributed by atoms with Crippen LogP contribution < -0.4 is 0 Å². The van der Waals surface area contributed by atoms with Gasteiger partial charge in [-0.2, -0.15) is 18.2 Å². The SMILES string of the molecule is Cc1ccc([C@H]2Cn3nnc(-c4nc(-c5ccc(C(F)(F)F)cc5)no4)c3CO2)c(C)c1. The molecule has 5 rings (SSSR count). The molecular weight excluding hydrogens is 423 g/mol. The van der Waals surface area contributed by atoms with E-state index < -0.39 is 11.7 Å². The number of fused-ring (bicyclic) bond motifs is 1. The van der Waals surface area contributed by atoms with Gasteiger partial charge in [0.15, 0.2) is 5.69 Å². The van der Waals surface area contributed by atoms with Crippen molar-refractivity contribution >= 4 is 0 Å². The fourth-order valence-electron chi connectivity index (χ4n) is 3.80. The highest BCUT2D eigenvalue weighted by Crippen LogP contribution is 2.33. The fourth-order valence-corrected chi connectivity index (χ4v) is 3.80. The van der Waals surface area contributed by atoms with Gasteiger partial charge in [-0.1, -0.05) is 46.3 Å². The summed E-state index contributed by atoms with van der Waals surface area (Å²) in [7, 11) is 0. The van der Waals surface area contributed by atoms with E-state index in [1.165, 1.54) is 17.7 Å². The van der Waals surface area contributed by atoms with E-state index in [4.69, 9.17) is 9.26 Å². The minimum atomic E-state index is -4.41. The Morgan fingerprint density at radius 1 is 1.06 bits per heavy atom. The molecule has 0 N–H and O–H groups in total. The molecule has 0 radical (unpaired) electrons. The second-order valence-corrected chi connectivity index (χ2v) is 7.72. The third-order valence-electron chi connectivity index (χ3n) is 5.47. The number of aromatic nitrogens is 5. The van der Waals surface area contributed by atoms with E-state index in [1.54, 1.807) is 4.68 Å². The van der Waals surface area contributed by atoms with Crippen molar-refractivity contribution in [3.05, 3.63) is 70.4 Å². The van der Waals surface area contributed by atoms with Crippen LogP contribution in [0.2, 0.25) is 0 Å². The Hall–Kier alpha value is -3.53. The van der Waals surface area contributed by atoms with Gasteiger partial charge in [0.05, 0.1) is 24.4 Å². The van der Waals surface area contributed by atoms with Crippen LogP contribution in [0.5, 0.6) is 0 Å². The third-order valence-corrected chi connectivity index (χ3v) is 5.47. The molecule has 0 unspecified atom stereocenters. The van der Waals surface area contributed by atoms with Crippen LogP contribution in [-0.2, 0) is 24.1 Å². The van der Waals surface area contributed by atoms with Gasteiger partial charge in [-0.25, -0.2) is 4.68 Å². The number of halogens is 3. The number of rotatable bonds is 3. The molecule has 2 aromatic carbocycles. The van der Waals surface area contributed by atoms with Gasteiger partial charge in [-0.15, -0.1) is 5.10 Å². The van der Waals surface area contributed by atoms with E-state index in [-0.39, 0.29) is 24.4 Å². The second kappa shape index (κ2) is 7.56. The minimum absolute atomic E-state index is 0.134. The lowest BCUT2D eigenvalue weighted by Crippen LogP contribution is -2.22. The molecule has 1 aliphatic heterocycles. The first-order valence-corrected chi connectivity index (χ1v) is 9.92. The molecule has 0 saturated heterocycles. The molecule has 1 aliphatic rings. The van der Waals surface area contributed by atoms with E-state index in [0.717, 1.165) is 23.3 Å². The van der Waals surface area contributed by atoms with Crippen LogP contribution in [0.15, 0.2) is 47.0 Å². The van der Waals surface area contributed by atoms with E-state index in [2.05, 4.69) is 45.6 Å². The molecule has 10 heteroatoms. The Labute approximate surface area is 180 Å². The van der Waals surface area contributed by atoms with Crippen LogP contribution in [0.3, 0.4) is 0 Å². The molecule has 2 aromatic heterocycles. The highest BCUT2D eigenvalue weighted by molar-refractivity contribution is 5.59. The van der Waals surface area contributed by atoms with Crippen molar-refractivity contribution in [1.29, 1.82) is 0 Å². The fraction of sp³-hybridized carbons (Fsp3) is 0.273. The quantitative estimate of drug-likeness (QED) is 0.450. The van der Waals surface area contributed by atoms with Gasteiger partial charge in [-0.05, 0) is 37.1 Å². The molecule has 3 heterocycles. The largest absolute Gasteiger partial charge is 0.416 e. The van der Waals surface area contributed by atoms with Crippen LogP contribution >= 0.6 is 0 Å². The standard InChI is InChI=1S/C22H18F3N5O2/c1-12-3-8-16(13(2)9-12)18-10-30-17(11-31-18)19(27-29-30)21-26-20(28-32-21)14-4-6-15(7-5-14)22(23,24)25/h3-9,18H,10-11H2,1-2H3/t18-/m1/s1. The Morgan fingerprint density at radius 2 is 1.84 bits per heavy atom. The van der Waals surface area contributed by atoms with Crippen molar-refractivity contribution in [2.75, 3.05) is 0 Å². The van der Waals surface area contributed by atoms with Crippen LogP contribution in [-0.4, -0.2) is 25.1 Å². The summed E-state index contributed by atoms with van der Waals surface area (Å²) >= 11 is 0. The van der Waals surface area contributed by atoms with Gasteiger partial charge >= 0.3 is 6.18 Å². The predicted molar refractivity (Wildman–Crippen MR) is 107 cm³/mol. The maximum Gasteiger partial charge on any atom is 0.416 e. The lowest BCUT2D eigenvalue weighted by molar-refractivity contribution is -0.137. The predicted octanol–water partition coefficient (Wildman–Crippen LogP) is 4.90. The molecule has 0 fully saturated rings. The highest BCUT2D eigenvalue weighted by atomic mass is 19.4. The average Bonchev–Trinajstić information content (AvgIpc) is 3.40. The van der Waals surface area contributed by atoms with Gasteiger partial charge in [0, 0.05) is 5.56 Å². The molecule has 4 aromatic rings. The first-order valence-electron chi connectivity index (χ1n) is 9.92. The first kappa shape index (κ1) is 20.4. The Morgan fingerprint density at radius 3 is 2.56 bits per heavy atom. The molecule has 0 spiro atoms. The number of hydrogen-bond acceptors (Lipinski definition) is 6. The van der Waals surface area contributed by atoms with Crippen molar-refractivity contribution in [3.63, 3.8) is 0 Å². The Bertz CT molecular complexity index is 1280. The normalized spacial score (nSPS) is 16.2. The van der Waals surface area contributed by atoms with Gasteiger partial charge in [-0.3, -0.25) is 0 Å². The summed E-state index contributed by atoms with van der Waals surface area (Å²) in [5.41, 5.74) is 4.19. The van der Waals surface area contributed by atoms with Crippen LogP contribution in [0, 0.1) is 13.8 Å². The Balaban J connectivity index is 1.38. The summed E-state index contributed by atoms with van der Waals surface area (Å²) in [5, 5.41) is 12.3. The van der Waals surface area contributed by atoms with Crippen molar-refractivity contribution in [2.24, 2.45) is 0 Å². The summed E-state index contributed by atoms with van der Waals surface area (Å²) in [6.45, 7) is 4.85. The van der Waals surface area contributed by atoms with Gasteiger partial charge in [0.2, 0.25) is 5.82 Å². The summed E-state index contributed by atoms with van der Waals surface area (Å²) in [6.07, 6.45) is -4.56. The first-order chi connectivity index (χ1) is 15.3. The molecule has 0 amide bonds. The second-order valence-electron chi connectivity index (χ2n) is 7.72. The molecule has 0 bridgehead atoms. The molecule has 0 aliphatic carbocycles. The maximum atomic E-state index is 12.8. The zero-order valence-corrected chi connectivity index (χ0v) is 17.2. The lowest BCUT2D eigenvalue weighted by Gasteiger charge is -2.25. The average molecular weight is 441 g/mol. The van der Waals surface area contributed by atoms with E-state index in [9.17, 15) is 13.2 Å². The molecular formula is C22H18F3N5O2. The van der Waals surface area contributed by atoms with Crippen molar-refractivity contribution in [2.45, 2.75) is 39.3 Å². The number of alkyl halides is 3. The van der Waals surface area contributed by atoms with Gasteiger partial charge < -0.3 is 9.26 Å². The highest BCUT2D eigenvalue weighted by Gasteiger charge is 2.31. The zero-order valence-electron chi connectivity index (χ0n) is 17.2. The molecule has 32 heavy (non-hydrogen) atoms.